The quantitative estimate of drug-likeness (QED) is 0.530. The zero-order valence-corrected chi connectivity index (χ0v) is 10.9. The molecule has 0 saturated carbocycles. The maximum absolute atomic E-state index is 11.6. The SMILES string of the molecule is CC(N)CCCC(=O)N[C@H](Cc1cnc[nH]1)C(=O)O. The predicted octanol–water partition coefficient (Wildman–Crippen LogP) is 0.0391. The second-order valence-electron chi connectivity index (χ2n) is 4.61. The molecule has 1 heterocycles. The zero-order valence-electron chi connectivity index (χ0n) is 10.9. The number of aliphatic carboxylic acids is 1. The number of carboxylic acids is 1. The molecule has 106 valence electrons. The van der Waals surface area contributed by atoms with Crippen LogP contribution in [0.2, 0.25) is 0 Å². The molecular formula is C12H20N4O3. The molecule has 1 unspecified atom stereocenters. The lowest BCUT2D eigenvalue weighted by molar-refractivity contribution is -0.141. The molecule has 1 amide bonds. The predicted molar refractivity (Wildman–Crippen MR) is 69.4 cm³/mol. The Kier molecular flexibility index (Phi) is 6.01. The second-order valence-corrected chi connectivity index (χ2v) is 4.61. The third kappa shape index (κ3) is 6.01. The summed E-state index contributed by atoms with van der Waals surface area (Å²) in [6, 6.07) is -0.892. The van der Waals surface area contributed by atoms with Crippen molar-refractivity contribution in [2.24, 2.45) is 5.73 Å². The molecule has 7 nitrogen and oxygen atoms in total. The van der Waals surface area contributed by atoms with Crippen LogP contribution >= 0.6 is 0 Å². The monoisotopic (exact) mass is 268 g/mol. The van der Waals surface area contributed by atoms with Crippen LogP contribution in [-0.4, -0.2) is 39.0 Å². The number of nitrogens with two attached hydrogens (primary N) is 1. The van der Waals surface area contributed by atoms with Crippen molar-refractivity contribution in [3.63, 3.8) is 0 Å². The van der Waals surface area contributed by atoms with Crippen LogP contribution in [0.25, 0.3) is 0 Å². The van der Waals surface area contributed by atoms with E-state index in [1.807, 2.05) is 6.92 Å². The summed E-state index contributed by atoms with van der Waals surface area (Å²) in [7, 11) is 0. The van der Waals surface area contributed by atoms with E-state index in [2.05, 4.69) is 15.3 Å². The van der Waals surface area contributed by atoms with E-state index in [9.17, 15) is 9.59 Å². The number of carboxylic acid groups (broad SMARTS) is 1. The van der Waals surface area contributed by atoms with Crippen molar-refractivity contribution in [2.45, 2.75) is 44.7 Å². The highest BCUT2D eigenvalue weighted by Gasteiger charge is 2.20. The molecule has 5 N–H and O–H groups in total. The number of rotatable bonds is 8. The zero-order chi connectivity index (χ0) is 14.3. The molecule has 2 atom stereocenters. The fraction of sp³-hybridized carbons (Fsp3) is 0.583. The Bertz CT molecular complexity index is 403. The number of aromatic nitrogens is 2. The topological polar surface area (TPSA) is 121 Å². The fourth-order valence-electron chi connectivity index (χ4n) is 1.67. The van der Waals surface area contributed by atoms with E-state index in [-0.39, 0.29) is 24.8 Å². The number of carbonyl (C=O) groups excluding carboxylic acids is 1. The van der Waals surface area contributed by atoms with Crippen molar-refractivity contribution in [3.05, 3.63) is 18.2 Å². The van der Waals surface area contributed by atoms with E-state index in [1.165, 1.54) is 12.5 Å². The Morgan fingerprint density at radius 2 is 2.32 bits per heavy atom. The third-order valence-electron chi connectivity index (χ3n) is 2.68. The number of nitrogens with one attached hydrogen (secondary N) is 2. The Balaban J connectivity index is 2.40. The molecule has 0 saturated heterocycles. The summed E-state index contributed by atoms with van der Waals surface area (Å²) in [6.45, 7) is 1.87. The molecule has 1 rings (SSSR count). The second kappa shape index (κ2) is 7.52. The van der Waals surface area contributed by atoms with Crippen LogP contribution < -0.4 is 11.1 Å². The summed E-state index contributed by atoms with van der Waals surface area (Å²) in [5.74, 6) is -1.33. The lowest BCUT2D eigenvalue weighted by Crippen LogP contribution is -2.42. The standard InChI is InChI=1S/C12H20N4O3/c1-8(13)3-2-4-11(17)16-10(12(18)19)5-9-6-14-7-15-9/h6-8,10H,2-5,13H2,1H3,(H,14,15)(H,16,17)(H,18,19)/t8?,10-/m1/s1. The van der Waals surface area contributed by atoms with Gasteiger partial charge in [-0.3, -0.25) is 4.79 Å². The first kappa shape index (κ1) is 15.2. The summed E-state index contributed by atoms with van der Waals surface area (Å²) >= 11 is 0. The molecule has 0 spiro atoms. The van der Waals surface area contributed by atoms with Gasteiger partial charge in [-0.2, -0.15) is 0 Å². The van der Waals surface area contributed by atoms with Crippen molar-refractivity contribution in [1.82, 2.24) is 15.3 Å². The van der Waals surface area contributed by atoms with Crippen LogP contribution in [0.5, 0.6) is 0 Å². The first-order valence-corrected chi connectivity index (χ1v) is 6.24. The molecular weight excluding hydrogens is 248 g/mol. The van der Waals surface area contributed by atoms with Crippen molar-refractivity contribution in [2.75, 3.05) is 0 Å². The van der Waals surface area contributed by atoms with Gasteiger partial charge in [0.05, 0.1) is 6.33 Å². The maximum Gasteiger partial charge on any atom is 0.326 e. The summed E-state index contributed by atoms with van der Waals surface area (Å²) in [4.78, 5) is 29.3. The first-order chi connectivity index (χ1) is 8.99. The Hall–Kier alpha value is -1.89. The summed E-state index contributed by atoms with van der Waals surface area (Å²) in [6.07, 6.45) is 4.88. The van der Waals surface area contributed by atoms with Gasteiger partial charge < -0.3 is 21.1 Å². The lowest BCUT2D eigenvalue weighted by atomic mass is 10.1. The highest BCUT2D eigenvalue weighted by Crippen LogP contribution is 2.02. The Morgan fingerprint density at radius 1 is 1.58 bits per heavy atom. The van der Waals surface area contributed by atoms with Gasteiger partial charge in [0, 0.05) is 30.8 Å². The van der Waals surface area contributed by atoms with Gasteiger partial charge in [0.15, 0.2) is 0 Å². The average Bonchev–Trinajstić information content (AvgIpc) is 2.80. The third-order valence-corrected chi connectivity index (χ3v) is 2.68. The van der Waals surface area contributed by atoms with Gasteiger partial charge in [-0.25, -0.2) is 9.78 Å². The van der Waals surface area contributed by atoms with Crippen LogP contribution in [0.4, 0.5) is 0 Å². The number of hydrogen-bond donors (Lipinski definition) is 4. The fourth-order valence-corrected chi connectivity index (χ4v) is 1.67. The van der Waals surface area contributed by atoms with Crippen molar-refractivity contribution < 1.29 is 14.7 Å². The van der Waals surface area contributed by atoms with Gasteiger partial charge in [-0.1, -0.05) is 0 Å². The van der Waals surface area contributed by atoms with Crippen LogP contribution in [-0.2, 0) is 16.0 Å². The number of amides is 1. The van der Waals surface area contributed by atoms with Gasteiger partial charge in [0.25, 0.3) is 0 Å². The van der Waals surface area contributed by atoms with E-state index in [0.29, 0.717) is 12.1 Å². The molecule has 7 heteroatoms. The Morgan fingerprint density at radius 3 is 2.84 bits per heavy atom. The number of aromatic amines is 1. The number of H-pyrrole nitrogens is 1. The molecule has 0 aliphatic carbocycles. The van der Waals surface area contributed by atoms with Crippen molar-refractivity contribution >= 4 is 11.9 Å². The van der Waals surface area contributed by atoms with E-state index in [0.717, 1.165) is 6.42 Å². The average molecular weight is 268 g/mol. The number of hydrogen-bond acceptors (Lipinski definition) is 4. The molecule has 19 heavy (non-hydrogen) atoms. The van der Waals surface area contributed by atoms with Crippen LogP contribution in [0, 0.1) is 0 Å². The van der Waals surface area contributed by atoms with E-state index >= 15 is 0 Å². The summed E-state index contributed by atoms with van der Waals surface area (Å²) in [5.41, 5.74) is 6.25. The molecule has 0 aliphatic rings. The molecule has 0 aromatic carbocycles. The number of nitrogens with zero attached hydrogens (tertiary/aromatic N) is 1. The van der Waals surface area contributed by atoms with E-state index in [1.54, 1.807) is 0 Å². The highest BCUT2D eigenvalue weighted by molar-refractivity contribution is 5.83. The van der Waals surface area contributed by atoms with Gasteiger partial charge >= 0.3 is 5.97 Å². The van der Waals surface area contributed by atoms with Gasteiger partial charge in [-0.05, 0) is 19.8 Å². The minimum absolute atomic E-state index is 0.0491. The molecule has 1 aromatic heterocycles. The van der Waals surface area contributed by atoms with Gasteiger partial charge in [-0.15, -0.1) is 0 Å². The maximum atomic E-state index is 11.6. The highest BCUT2D eigenvalue weighted by atomic mass is 16.4. The minimum atomic E-state index is -1.06. The summed E-state index contributed by atoms with van der Waals surface area (Å²) < 4.78 is 0. The first-order valence-electron chi connectivity index (χ1n) is 6.24. The van der Waals surface area contributed by atoms with Crippen LogP contribution in [0.3, 0.4) is 0 Å². The van der Waals surface area contributed by atoms with E-state index < -0.39 is 12.0 Å². The Labute approximate surface area is 111 Å². The normalized spacial score (nSPS) is 13.8. The van der Waals surface area contributed by atoms with Gasteiger partial charge in [0.2, 0.25) is 5.91 Å². The van der Waals surface area contributed by atoms with E-state index in [4.69, 9.17) is 10.8 Å². The molecule has 0 aliphatic heterocycles. The van der Waals surface area contributed by atoms with Crippen molar-refractivity contribution in [1.29, 1.82) is 0 Å². The largest absolute Gasteiger partial charge is 0.480 e. The smallest absolute Gasteiger partial charge is 0.326 e. The summed E-state index contributed by atoms with van der Waals surface area (Å²) in [5, 5.41) is 11.6. The van der Waals surface area contributed by atoms with Crippen LogP contribution in [0.1, 0.15) is 31.9 Å². The van der Waals surface area contributed by atoms with Gasteiger partial charge in [0.1, 0.15) is 6.04 Å². The minimum Gasteiger partial charge on any atom is -0.480 e. The molecule has 1 aromatic rings. The van der Waals surface area contributed by atoms with Crippen molar-refractivity contribution in [3.8, 4) is 0 Å². The molecule has 0 bridgehead atoms. The number of carbonyl (C=O) groups is 2. The molecule has 0 radical (unpaired) electrons. The number of imidazole rings is 1. The van der Waals surface area contributed by atoms with Crippen LogP contribution in [0.15, 0.2) is 12.5 Å². The molecule has 0 fully saturated rings. The lowest BCUT2D eigenvalue weighted by Gasteiger charge is -2.13.